The SMILES string of the molecule is Fc1c(Cl)ccc(-n2cnnn2)c1-c1ccc(C(CC2CC2(F)F)n2cc(-c3cn(C(F)F)nn3)cn2)nc1. The Morgan fingerprint density at radius 2 is 1.85 bits per heavy atom. The second-order valence-corrected chi connectivity index (χ2v) is 9.37. The van der Waals surface area contributed by atoms with Crippen molar-refractivity contribution >= 4 is 11.6 Å². The first-order chi connectivity index (χ1) is 18.7. The zero-order chi connectivity index (χ0) is 27.3. The Morgan fingerprint density at radius 1 is 1.03 bits per heavy atom. The second-order valence-electron chi connectivity index (χ2n) is 8.97. The third kappa shape index (κ3) is 4.73. The van der Waals surface area contributed by atoms with Gasteiger partial charge in [-0.1, -0.05) is 22.9 Å². The van der Waals surface area contributed by atoms with Crippen LogP contribution in [-0.2, 0) is 0 Å². The van der Waals surface area contributed by atoms with Crippen molar-refractivity contribution in [3.8, 4) is 28.1 Å². The van der Waals surface area contributed by atoms with Gasteiger partial charge in [0.2, 0.25) is 0 Å². The predicted molar refractivity (Wildman–Crippen MR) is 126 cm³/mol. The van der Waals surface area contributed by atoms with Gasteiger partial charge in [0, 0.05) is 41.4 Å². The molecule has 0 N–H and O–H groups in total. The summed E-state index contributed by atoms with van der Waals surface area (Å²) < 4.78 is 71.8. The fourth-order valence-corrected chi connectivity index (χ4v) is 4.49. The topological polar surface area (TPSA) is 105 Å². The average molecular weight is 563 g/mol. The molecule has 5 aromatic rings. The molecule has 0 radical (unpaired) electrons. The van der Waals surface area contributed by atoms with Gasteiger partial charge in [0.25, 0.3) is 5.92 Å². The van der Waals surface area contributed by atoms with Gasteiger partial charge in [-0.05, 0) is 35.0 Å². The number of nitrogens with zero attached hydrogens (tertiary/aromatic N) is 10. The van der Waals surface area contributed by atoms with E-state index in [4.69, 9.17) is 11.6 Å². The lowest BCUT2D eigenvalue weighted by Gasteiger charge is -2.18. The summed E-state index contributed by atoms with van der Waals surface area (Å²) >= 11 is 6.03. The molecule has 1 fully saturated rings. The van der Waals surface area contributed by atoms with Crippen LogP contribution >= 0.6 is 11.6 Å². The van der Waals surface area contributed by atoms with Crippen molar-refractivity contribution in [3.63, 3.8) is 0 Å². The maximum Gasteiger partial charge on any atom is 0.334 e. The highest BCUT2D eigenvalue weighted by atomic mass is 35.5. The minimum Gasteiger partial charge on any atom is -0.263 e. The molecular weight excluding hydrogens is 547 g/mol. The van der Waals surface area contributed by atoms with E-state index in [2.05, 4.69) is 35.9 Å². The molecule has 4 aromatic heterocycles. The van der Waals surface area contributed by atoms with E-state index in [0.29, 0.717) is 27.2 Å². The van der Waals surface area contributed by atoms with E-state index in [0.717, 1.165) is 6.20 Å². The van der Waals surface area contributed by atoms with Crippen LogP contribution in [0.1, 0.15) is 31.1 Å². The molecule has 2 unspecified atom stereocenters. The Kier molecular flexibility index (Phi) is 6.09. The molecule has 0 bridgehead atoms. The quantitative estimate of drug-likeness (QED) is 0.245. The van der Waals surface area contributed by atoms with Crippen LogP contribution < -0.4 is 0 Å². The van der Waals surface area contributed by atoms with E-state index in [-0.39, 0.29) is 29.1 Å². The highest BCUT2D eigenvalue weighted by Gasteiger charge is 2.57. The molecule has 200 valence electrons. The molecule has 1 saturated carbocycles. The standard InChI is InChI=1S/C23H16ClF5N10/c24-15-2-4-18(39-11-31-34-36-39)20(21(15)25)12-1-3-16(30-7-12)19(5-14-6-23(14,28)29)37-9-13(8-32-37)17-10-38(22(26)27)35-33-17/h1-4,7-11,14,19,22H,5-6H2. The van der Waals surface area contributed by atoms with E-state index in [1.54, 1.807) is 18.2 Å². The van der Waals surface area contributed by atoms with E-state index in [1.807, 2.05) is 0 Å². The van der Waals surface area contributed by atoms with Gasteiger partial charge in [0.05, 0.1) is 34.8 Å². The molecule has 6 rings (SSSR count). The Bertz CT molecular complexity index is 1620. The van der Waals surface area contributed by atoms with Crippen LogP contribution in [0.2, 0.25) is 5.02 Å². The average Bonchev–Trinajstić information content (AvgIpc) is 3.50. The molecule has 4 heterocycles. The summed E-state index contributed by atoms with van der Waals surface area (Å²) in [5.74, 6) is -4.38. The van der Waals surface area contributed by atoms with E-state index >= 15 is 4.39 Å². The number of benzene rings is 1. The Balaban J connectivity index is 1.35. The minimum atomic E-state index is -2.86. The van der Waals surface area contributed by atoms with Crippen molar-refractivity contribution in [3.05, 3.63) is 71.9 Å². The van der Waals surface area contributed by atoms with Crippen molar-refractivity contribution < 1.29 is 22.0 Å². The summed E-state index contributed by atoms with van der Waals surface area (Å²) in [4.78, 5) is 4.46. The number of alkyl halides is 4. The number of tetrazole rings is 1. The maximum absolute atomic E-state index is 15.1. The van der Waals surface area contributed by atoms with Crippen LogP contribution in [0, 0.1) is 11.7 Å². The lowest BCUT2D eigenvalue weighted by molar-refractivity contribution is 0.0546. The third-order valence-electron chi connectivity index (χ3n) is 6.48. The normalized spacial score (nSPS) is 17.1. The summed E-state index contributed by atoms with van der Waals surface area (Å²) in [6.07, 6.45) is 6.40. The molecule has 0 spiro atoms. The van der Waals surface area contributed by atoms with Crippen LogP contribution in [0.25, 0.3) is 28.1 Å². The maximum atomic E-state index is 15.1. The molecule has 1 aliphatic carbocycles. The van der Waals surface area contributed by atoms with Gasteiger partial charge in [0.1, 0.15) is 12.0 Å². The van der Waals surface area contributed by atoms with Crippen molar-refractivity contribution in [2.75, 3.05) is 0 Å². The highest BCUT2D eigenvalue weighted by molar-refractivity contribution is 6.31. The van der Waals surface area contributed by atoms with Crippen molar-refractivity contribution in [1.82, 2.24) is 50.0 Å². The summed E-state index contributed by atoms with van der Waals surface area (Å²) in [7, 11) is 0. The van der Waals surface area contributed by atoms with Crippen LogP contribution in [0.15, 0.2) is 55.4 Å². The molecule has 1 aromatic carbocycles. The van der Waals surface area contributed by atoms with Crippen molar-refractivity contribution in [2.45, 2.75) is 31.4 Å². The molecule has 1 aliphatic rings. The summed E-state index contributed by atoms with van der Waals surface area (Å²) in [6, 6.07) is 5.37. The summed E-state index contributed by atoms with van der Waals surface area (Å²) in [5, 5.41) is 22.2. The minimum absolute atomic E-state index is 0.0194. The molecular formula is C23H16ClF5N10. The first-order valence-corrected chi connectivity index (χ1v) is 11.9. The summed E-state index contributed by atoms with van der Waals surface area (Å²) in [5.41, 5.74) is 1.68. The van der Waals surface area contributed by atoms with E-state index in [9.17, 15) is 17.6 Å². The molecule has 39 heavy (non-hydrogen) atoms. The Hall–Kier alpha value is -4.27. The second kappa shape index (κ2) is 9.48. The number of hydrogen-bond donors (Lipinski definition) is 0. The van der Waals surface area contributed by atoms with Gasteiger partial charge in [0.15, 0.2) is 5.82 Å². The summed E-state index contributed by atoms with van der Waals surface area (Å²) in [6.45, 7) is -2.86. The van der Waals surface area contributed by atoms with Gasteiger partial charge < -0.3 is 0 Å². The van der Waals surface area contributed by atoms with Gasteiger partial charge in [-0.2, -0.15) is 23.2 Å². The zero-order valence-electron chi connectivity index (χ0n) is 19.6. The smallest absolute Gasteiger partial charge is 0.263 e. The number of hydrogen-bond acceptors (Lipinski definition) is 7. The zero-order valence-corrected chi connectivity index (χ0v) is 20.3. The molecule has 2 atom stereocenters. The van der Waals surface area contributed by atoms with Gasteiger partial charge in [-0.3, -0.25) is 9.67 Å². The number of halogens is 6. The van der Waals surface area contributed by atoms with Crippen LogP contribution in [0.4, 0.5) is 22.0 Å². The van der Waals surface area contributed by atoms with E-state index < -0.39 is 30.2 Å². The third-order valence-corrected chi connectivity index (χ3v) is 6.77. The lowest BCUT2D eigenvalue weighted by atomic mass is 10.0. The van der Waals surface area contributed by atoms with E-state index in [1.165, 1.54) is 40.3 Å². The van der Waals surface area contributed by atoms with Crippen molar-refractivity contribution in [1.29, 1.82) is 0 Å². The molecule has 0 amide bonds. The predicted octanol–water partition coefficient (Wildman–Crippen LogP) is 5.00. The lowest BCUT2D eigenvalue weighted by Crippen LogP contribution is -2.15. The molecule has 16 heteroatoms. The highest BCUT2D eigenvalue weighted by Crippen LogP contribution is 2.53. The largest absolute Gasteiger partial charge is 0.334 e. The van der Waals surface area contributed by atoms with Gasteiger partial charge in [-0.25, -0.2) is 13.2 Å². The monoisotopic (exact) mass is 562 g/mol. The Morgan fingerprint density at radius 3 is 2.49 bits per heavy atom. The first kappa shape index (κ1) is 25.0. The Labute approximate surface area is 221 Å². The van der Waals surface area contributed by atoms with Crippen LogP contribution in [-0.4, -0.2) is 55.9 Å². The van der Waals surface area contributed by atoms with Crippen LogP contribution in [0.3, 0.4) is 0 Å². The first-order valence-electron chi connectivity index (χ1n) is 11.5. The molecule has 10 nitrogen and oxygen atoms in total. The van der Waals surface area contributed by atoms with Crippen LogP contribution in [0.5, 0.6) is 0 Å². The number of rotatable bonds is 8. The molecule has 0 aliphatic heterocycles. The number of aromatic nitrogens is 10. The fraction of sp³-hybridized carbons (Fsp3) is 0.261. The molecule has 0 saturated heterocycles. The van der Waals surface area contributed by atoms with Gasteiger partial charge >= 0.3 is 6.55 Å². The van der Waals surface area contributed by atoms with Gasteiger partial charge in [-0.15, -0.1) is 10.2 Å². The fourth-order valence-electron chi connectivity index (χ4n) is 4.33. The van der Waals surface area contributed by atoms with Crippen molar-refractivity contribution in [2.24, 2.45) is 5.92 Å². The number of pyridine rings is 1.